The molecule has 16 heavy (non-hydrogen) atoms. The summed E-state index contributed by atoms with van der Waals surface area (Å²) in [6.07, 6.45) is 3.81. The molecule has 0 saturated heterocycles. The van der Waals surface area contributed by atoms with Gasteiger partial charge in [0.05, 0.1) is 0 Å². The summed E-state index contributed by atoms with van der Waals surface area (Å²) in [4.78, 5) is 13.4. The summed E-state index contributed by atoms with van der Waals surface area (Å²) in [7, 11) is 3.58. The summed E-state index contributed by atoms with van der Waals surface area (Å²) in [6, 6.07) is 0. The zero-order valence-electron chi connectivity index (χ0n) is 10.9. The van der Waals surface area contributed by atoms with E-state index in [0.717, 1.165) is 45.5 Å². The molecule has 4 nitrogen and oxygen atoms in total. The number of rotatable bonds is 10. The molecule has 1 N–H and O–H groups in total. The predicted molar refractivity (Wildman–Crippen MR) is 66.5 cm³/mol. The Morgan fingerprint density at radius 1 is 1.31 bits per heavy atom. The number of hydrogen-bond acceptors (Lipinski definition) is 3. The molecule has 0 aromatic carbocycles. The van der Waals surface area contributed by atoms with Gasteiger partial charge in [0.15, 0.2) is 0 Å². The summed E-state index contributed by atoms with van der Waals surface area (Å²) < 4.78 is 4.94. The minimum Gasteiger partial charge on any atom is -0.385 e. The molecule has 0 fully saturated rings. The molecule has 0 spiro atoms. The van der Waals surface area contributed by atoms with E-state index in [4.69, 9.17) is 4.74 Å². The van der Waals surface area contributed by atoms with Crippen LogP contribution >= 0.6 is 0 Å². The minimum atomic E-state index is 0.229. The average molecular weight is 230 g/mol. The van der Waals surface area contributed by atoms with E-state index < -0.39 is 0 Å². The van der Waals surface area contributed by atoms with Crippen LogP contribution in [0.3, 0.4) is 0 Å². The first kappa shape index (κ1) is 15.4. The molecule has 0 aliphatic carbocycles. The molecular formula is C12H26N2O2. The molecule has 0 aliphatic heterocycles. The number of amides is 1. The molecular weight excluding hydrogens is 204 g/mol. The van der Waals surface area contributed by atoms with Gasteiger partial charge in [-0.3, -0.25) is 4.79 Å². The molecule has 0 heterocycles. The molecule has 0 unspecified atom stereocenters. The zero-order valence-corrected chi connectivity index (χ0v) is 10.9. The van der Waals surface area contributed by atoms with Crippen molar-refractivity contribution in [3.63, 3.8) is 0 Å². The second kappa shape index (κ2) is 10.9. The van der Waals surface area contributed by atoms with Gasteiger partial charge in [-0.15, -0.1) is 0 Å². The molecule has 0 atom stereocenters. The first-order valence-electron chi connectivity index (χ1n) is 6.16. The van der Waals surface area contributed by atoms with E-state index in [2.05, 4.69) is 12.2 Å². The van der Waals surface area contributed by atoms with Crippen molar-refractivity contribution in [2.45, 2.75) is 32.6 Å². The summed E-state index contributed by atoms with van der Waals surface area (Å²) >= 11 is 0. The van der Waals surface area contributed by atoms with E-state index in [0.29, 0.717) is 6.42 Å². The number of hydrogen-bond donors (Lipinski definition) is 1. The van der Waals surface area contributed by atoms with Crippen molar-refractivity contribution in [3.05, 3.63) is 0 Å². The topological polar surface area (TPSA) is 41.6 Å². The van der Waals surface area contributed by atoms with Crippen LogP contribution < -0.4 is 5.32 Å². The van der Waals surface area contributed by atoms with Crippen LogP contribution in [-0.2, 0) is 9.53 Å². The summed E-state index contributed by atoms with van der Waals surface area (Å²) in [5.74, 6) is 0.229. The van der Waals surface area contributed by atoms with Crippen LogP contribution in [0.15, 0.2) is 0 Å². The van der Waals surface area contributed by atoms with Crippen LogP contribution in [0.25, 0.3) is 0 Å². The maximum atomic E-state index is 11.6. The Labute approximate surface area is 99.3 Å². The summed E-state index contributed by atoms with van der Waals surface area (Å²) in [6.45, 7) is 5.46. The van der Waals surface area contributed by atoms with Crippen LogP contribution in [-0.4, -0.2) is 51.2 Å². The Morgan fingerprint density at radius 2 is 2.06 bits per heavy atom. The number of methoxy groups -OCH3 is 1. The summed E-state index contributed by atoms with van der Waals surface area (Å²) in [5, 5.41) is 3.23. The normalized spacial score (nSPS) is 10.4. The molecule has 1 amide bonds. The van der Waals surface area contributed by atoms with E-state index in [9.17, 15) is 4.79 Å². The van der Waals surface area contributed by atoms with Gasteiger partial charge < -0.3 is 15.0 Å². The molecule has 96 valence electrons. The fourth-order valence-corrected chi connectivity index (χ4v) is 1.37. The van der Waals surface area contributed by atoms with Crippen molar-refractivity contribution in [2.24, 2.45) is 0 Å². The number of ether oxygens (including phenoxy) is 1. The third-order valence-corrected chi connectivity index (χ3v) is 2.49. The molecule has 0 aromatic rings. The lowest BCUT2D eigenvalue weighted by atomic mass is 10.3. The first-order valence-corrected chi connectivity index (χ1v) is 6.16. The minimum absolute atomic E-state index is 0.229. The molecule has 0 saturated carbocycles. The predicted octanol–water partition coefficient (Wildman–Crippen LogP) is 1.26. The Balaban J connectivity index is 3.35. The lowest BCUT2D eigenvalue weighted by Gasteiger charge is -2.16. The first-order chi connectivity index (χ1) is 7.72. The highest BCUT2D eigenvalue weighted by molar-refractivity contribution is 5.75. The third kappa shape index (κ3) is 8.68. The largest absolute Gasteiger partial charge is 0.385 e. The average Bonchev–Trinajstić information content (AvgIpc) is 2.30. The van der Waals surface area contributed by atoms with Crippen molar-refractivity contribution < 1.29 is 9.53 Å². The standard InChI is InChI=1S/C12H26N2O2/c1-4-5-10-14(2)12(15)7-9-13-8-6-11-16-3/h13H,4-11H2,1-3H3. The Morgan fingerprint density at radius 3 is 2.69 bits per heavy atom. The van der Waals surface area contributed by atoms with E-state index in [-0.39, 0.29) is 5.91 Å². The van der Waals surface area contributed by atoms with Crippen LogP contribution in [0, 0.1) is 0 Å². The van der Waals surface area contributed by atoms with Crippen molar-refractivity contribution in [1.29, 1.82) is 0 Å². The fraction of sp³-hybridized carbons (Fsp3) is 0.917. The van der Waals surface area contributed by atoms with Gasteiger partial charge in [-0.1, -0.05) is 13.3 Å². The Kier molecular flexibility index (Phi) is 10.5. The highest BCUT2D eigenvalue weighted by Gasteiger charge is 2.06. The van der Waals surface area contributed by atoms with Crippen molar-refractivity contribution in [1.82, 2.24) is 10.2 Å². The van der Waals surface area contributed by atoms with Crippen molar-refractivity contribution in [3.8, 4) is 0 Å². The van der Waals surface area contributed by atoms with Gasteiger partial charge in [0.1, 0.15) is 0 Å². The van der Waals surface area contributed by atoms with E-state index in [1.54, 1.807) is 7.11 Å². The maximum absolute atomic E-state index is 11.6. The molecule has 0 bridgehead atoms. The smallest absolute Gasteiger partial charge is 0.223 e. The maximum Gasteiger partial charge on any atom is 0.223 e. The van der Waals surface area contributed by atoms with E-state index >= 15 is 0 Å². The molecule has 0 rings (SSSR count). The number of unbranched alkanes of at least 4 members (excludes halogenated alkanes) is 1. The number of nitrogens with zero attached hydrogens (tertiary/aromatic N) is 1. The number of carbonyl (C=O) groups excluding carboxylic acids is 1. The monoisotopic (exact) mass is 230 g/mol. The lowest BCUT2D eigenvalue weighted by Crippen LogP contribution is -2.31. The molecule has 0 aliphatic rings. The van der Waals surface area contributed by atoms with Crippen LogP contribution in [0.5, 0.6) is 0 Å². The summed E-state index contributed by atoms with van der Waals surface area (Å²) in [5.41, 5.74) is 0. The van der Waals surface area contributed by atoms with Crippen LogP contribution in [0.2, 0.25) is 0 Å². The van der Waals surface area contributed by atoms with E-state index in [1.165, 1.54) is 0 Å². The Bertz CT molecular complexity index is 174. The Hall–Kier alpha value is -0.610. The second-order valence-corrected chi connectivity index (χ2v) is 4.02. The molecule has 0 aromatic heterocycles. The van der Waals surface area contributed by atoms with Gasteiger partial charge in [-0.2, -0.15) is 0 Å². The molecule has 4 heteroatoms. The third-order valence-electron chi connectivity index (χ3n) is 2.49. The number of carbonyl (C=O) groups is 1. The van der Waals surface area contributed by atoms with Crippen molar-refractivity contribution >= 4 is 5.91 Å². The second-order valence-electron chi connectivity index (χ2n) is 4.02. The zero-order chi connectivity index (χ0) is 12.2. The fourth-order valence-electron chi connectivity index (χ4n) is 1.37. The van der Waals surface area contributed by atoms with Gasteiger partial charge in [-0.05, 0) is 19.4 Å². The van der Waals surface area contributed by atoms with Gasteiger partial charge in [-0.25, -0.2) is 0 Å². The highest BCUT2D eigenvalue weighted by Crippen LogP contribution is 1.94. The highest BCUT2D eigenvalue weighted by atomic mass is 16.5. The quantitative estimate of drug-likeness (QED) is 0.575. The van der Waals surface area contributed by atoms with Gasteiger partial charge in [0.25, 0.3) is 0 Å². The van der Waals surface area contributed by atoms with Gasteiger partial charge >= 0.3 is 0 Å². The SMILES string of the molecule is CCCCN(C)C(=O)CCNCCCOC. The molecule has 0 radical (unpaired) electrons. The van der Waals surface area contributed by atoms with Gasteiger partial charge in [0.2, 0.25) is 5.91 Å². The lowest BCUT2D eigenvalue weighted by molar-refractivity contribution is -0.129. The van der Waals surface area contributed by atoms with Gasteiger partial charge in [0, 0.05) is 40.3 Å². The van der Waals surface area contributed by atoms with Crippen LogP contribution in [0.4, 0.5) is 0 Å². The van der Waals surface area contributed by atoms with Crippen molar-refractivity contribution in [2.75, 3.05) is 40.4 Å². The number of nitrogens with one attached hydrogen (secondary N) is 1. The van der Waals surface area contributed by atoms with E-state index in [1.807, 2.05) is 11.9 Å². The van der Waals surface area contributed by atoms with Crippen LogP contribution in [0.1, 0.15) is 32.6 Å².